The van der Waals surface area contributed by atoms with Gasteiger partial charge in [-0.3, -0.25) is 0 Å². The van der Waals surface area contributed by atoms with Gasteiger partial charge in [-0.2, -0.15) is 0 Å². The second-order valence-electron chi connectivity index (χ2n) is 2.91. The van der Waals surface area contributed by atoms with Crippen LogP contribution in [-0.2, 0) is 4.74 Å². The van der Waals surface area contributed by atoms with Gasteiger partial charge in [-0.1, -0.05) is 0 Å². The third-order valence-electron chi connectivity index (χ3n) is 1.53. The minimum absolute atomic E-state index is 0.394. The lowest BCUT2D eigenvalue weighted by Crippen LogP contribution is -2.44. The monoisotopic (exact) mass is 129 g/mol. The van der Waals surface area contributed by atoms with E-state index >= 15 is 0 Å². The highest BCUT2D eigenvalue weighted by Crippen LogP contribution is 2.03. The minimum Gasteiger partial charge on any atom is -0.378 e. The Morgan fingerprint density at radius 2 is 2.22 bits per heavy atom. The van der Waals surface area contributed by atoms with Crippen LogP contribution in [0.15, 0.2) is 0 Å². The molecule has 1 heterocycles. The van der Waals surface area contributed by atoms with E-state index in [4.69, 9.17) is 4.74 Å². The summed E-state index contributed by atoms with van der Waals surface area (Å²) in [5.41, 5.74) is 0. The number of rotatable bonds is 3. The van der Waals surface area contributed by atoms with Gasteiger partial charge >= 0.3 is 0 Å². The van der Waals surface area contributed by atoms with Crippen molar-refractivity contribution in [3.8, 4) is 0 Å². The summed E-state index contributed by atoms with van der Waals surface area (Å²) >= 11 is 0. The lowest BCUT2D eigenvalue weighted by atomic mass is 10.1. The molecule has 0 unspecified atom stereocenters. The fraction of sp³-hybridized carbons (Fsp3) is 1.00. The highest BCUT2D eigenvalue weighted by molar-refractivity contribution is 4.73. The van der Waals surface area contributed by atoms with Gasteiger partial charge in [0.15, 0.2) is 0 Å². The Labute approximate surface area is 56.6 Å². The third kappa shape index (κ3) is 2.33. The van der Waals surface area contributed by atoms with E-state index in [1.165, 1.54) is 0 Å². The van der Waals surface area contributed by atoms with Crippen molar-refractivity contribution in [3.05, 3.63) is 0 Å². The highest BCUT2D eigenvalue weighted by atomic mass is 16.5. The summed E-state index contributed by atoms with van der Waals surface area (Å²) in [4.78, 5) is 0. The first-order valence-corrected chi connectivity index (χ1v) is 3.61. The Kier molecular flexibility index (Phi) is 2.49. The predicted molar refractivity (Wildman–Crippen MR) is 37.4 cm³/mol. The summed E-state index contributed by atoms with van der Waals surface area (Å²) < 4.78 is 5.41. The first-order valence-electron chi connectivity index (χ1n) is 3.61. The van der Waals surface area contributed by atoms with E-state index in [1.54, 1.807) is 0 Å². The molecule has 0 aromatic heterocycles. The van der Waals surface area contributed by atoms with Crippen molar-refractivity contribution in [2.75, 3.05) is 19.7 Å². The maximum Gasteiger partial charge on any atom is 0.0522 e. The lowest BCUT2D eigenvalue weighted by molar-refractivity contribution is 0.0373. The predicted octanol–water partition coefficient (Wildman–Crippen LogP) is 0.631. The summed E-state index contributed by atoms with van der Waals surface area (Å²) in [6.07, 6.45) is 0.394. The van der Waals surface area contributed by atoms with Crippen LogP contribution in [-0.4, -0.2) is 25.8 Å². The molecule has 1 N–H and O–H groups in total. The topological polar surface area (TPSA) is 21.3 Å². The molecule has 0 amide bonds. The molecular formula is C7H15NO. The molecule has 1 saturated heterocycles. The van der Waals surface area contributed by atoms with Gasteiger partial charge in [0.2, 0.25) is 0 Å². The molecule has 1 rings (SSSR count). The first kappa shape index (κ1) is 7.03. The van der Waals surface area contributed by atoms with Gasteiger partial charge in [-0.15, -0.1) is 0 Å². The van der Waals surface area contributed by atoms with Crippen LogP contribution < -0.4 is 5.32 Å². The van der Waals surface area contributed by atoms with Gasteiger partial charge in [-0.25, -0.2) is 0 Å². The van der Waals surface area contributed by atoms with Crippen LogP contribution in [0.4, 0.5) is 0 Å². The highest BCUT2D eigenvalue weighted by Gasteiger charge is 2.16. The Morgan fingerprint density at radius 1 is 1.56 bits per heavy atom. The zero-order chi connectivity index (χ0) is 6.69. The molecule has 54 valence electrons. The van der Waals surface area contributed by atoms with Crippen LogP contribution >= 0.6 is 0 Å². The Balaban J connectivity index is 1.91. The van der Waals surface area contributed by atoms with Crippen LogP contribution in [0.5, 0.6) is 0 Å². The minimum atomic E-state index is 0.394. The van der Waals surface area contributed by atoms with Crippen LogP contribution in [0.1, 0.15) is 13.8 Å². The maximum atomic E-state index is 5.41. The molecule has 2 nitrogen and oxygen atoms in total. The van der Waals surface area contributed by atoms with E-state index in [9.17, 15) is 0 Å². The smallest absolute Gasteiger partial charge is 0.0522 e. The van der Waals surface area contributed by atoms with Crippen molar-refractivity contribution in [1.82, 2.24) is 5.32 Å². The number of ether oxygens (including phenoxy) is 1. The van der Waals surface area contributed by atoms with Gasteiger partial charge in [0.1, 0.15) is 0 Å². The van der Waals surface area contributed by atoms with Gasteiger partial charge in [0, 0.05) is 19.0 Å². The van der Waals surface area contributed by atoms with Crippen molar-refractivity contribution in [3.63, 3.8) is 0 Å². The molecule has 0 aromatic rings. The summed E-state index contributed by atoms with van der Waals surface area (Å²) in [5, 5.41) is 3.20. The molecule has 0 atom stereocenters. The Hall–Kier alpha value is -0.0800. The molecule has 1 aliphatic rings. The standard InChI is InChI=1S/C7H15NO/c1-6(2)9-5-7-3-8-4-7/h6-8H,3-5H2,1-2H3. The fourth-order valence-corrected chi connectivity index (χ4v) is 0.795. The number of hydrogen-bond donors (Lipinski definition) is 1. The molecule has 0 bridgehead atoms. The normalized spacial score (nSPS) is 20.3. The summed E-state index contributed by atoms with van der Waals surface area (Å²) in [6, 6.07) is 0. The second kappa shape index (κ2) is 3.18. The Bertz CT molecular complexity index is 79.0. The molecule has 1 fully saturated rings. The molecule has 9 heavy (non-hydrogen) atoms. The van der Waals surface area contributed by atoms with E-state index in [-0.39, 0.29) is 0 Å². The van der Waals surface area contributed by atoms with E-state index in [0.717, 1.165) is 25.6 Å². The number of nitrogens with one attached hydrogen (secondary N) is 1. The third-order valence-corrected chi connectivity index (χ3v) is 1.53. The van der Waals surface area contributed by atoms with Crippen molar-refractivity contribution in [2.45, 2.75) is 20.0 Å². The van der Waals surface area contributed by atoms with Crippen molar-refractivity contribution in [2.24, 2.45) is 5.92 Å². The van der Waals surface area contributed by atoms with Crippen molar-refractivity contribution in [1.29, 1.82) is 0 Å². The average molecular weight is 129 g/mol. The molecule has 0 aromatic carbocycles. The van der Waals surface area contributed by atoms with Gasteiger partial charge < -0.3 is 10.1 Å². The van der Waals surface area contributed by atoms with Crippen LogP contribution in [0, 0.1) is 5.92 Å². The molecule has 2 heteroatoms. The van der Waals surface area contributed by atoms with E-state index in [2.05, 4.69) is 19.2 Å². The summed E-state index contributed by atoms with van der Waals surface area (Å²) in [5.74, 6) is 0.785. The Morgan fingerprint density at radius 3 is 2.56 bits per heavy atom. The average Bonchev–Trinajstić information content (AvgIpc) is 1.60. The van der Waals surface area contributed by atoms with Gasteiger partial charge in [0.05, 0.1) is 12.7 Å². The maximum absolute atomic E-state index is 5.41. The lowest BCUT2D eigenvalue weighted by Gasteiger charge is -2.27. The van der Waals surface area contributed by atoms with E-state index < -0.39 is 0 Å². The largest absolute Gasteiger partial charge is 0.378 e. The van der Waals surface area contributed by atoms with E-state index in [0.29, 0.717) is 6.10 Å². The fourth-order valence-electron chi connectivity index (χ4n) is 0.795. The van der Waals surface area contributed by atoms with Gasteiger partial charge in [-0.05, 0) is 13.8 Å². The first-order chi connectivity index (χ1) is 4.29. The van der Waals surface area contributed by atoms with Crippen LogP contribution in [0.2, 0.25) is 0 Å². The summed E-state index contributed by atoms with van der Waals surface area (Å²) in [6.45, 7) is 7.38. The molecule has 0 saturated carbocycles. The van der Waals surface area contributed by atoms with E-state index in [1.807, 2.05) is 0 Å². The van der Waals surface area contributed by atoms with Gasteiger partial charge in [0.25, 0.3) is 0 Å². The molecule has 0 spiro atoms. The molecule has 0 aliphatic carbocycles. The zero-order valence-corrected chi connectivity index (χ0v) is 6.18. The molecule has 1 aliphatic heterocycles. The second-order valence-corrected chi connectivity index (χ2v) is 2.91. The zero-order valence-electron chi connectivity index (χ0n) is 6.18. The van der Waals surface area contributed by atoms with Crippen LogP contribution in [0.3, 0.4) is 0 Å². The molecular weight excluding hydrogens is 114 g/mol. The van der Waals surface area contributed by atoms with Crippen molar-refractivity contribution < 1.29 is 4.74 Å². The SMILES string of the molecule is CC(C)OCC1CNC1. The quantitative estimate of drug-likeness (QED) is 0.603. The summed E-state index contributed by atoms with van der Waals surface area (Å²) in [7, 11) is 0. The van der Waals surface area contributed by atoms with Crippen molar-refractivity contribution >= 4 is 0 Å². The van der Waals surface area contributed by atoms with Crippen LogP contribution in [0.25, 0.3) is 0 Å². The number of hydrogen-bond acceptors (Lipinski definition) is 2. The molecule has 0 radical (unpaired) electrons.